The maximum Gasteiger partial charge on any atom is 0.155 e. The SMILES string of the molecule is CC(c1nc2c(s1)CS(=O)(=O)CC2)N1CCNCC1. The zero-order valence-electron chi connectivity index (χ0n) is 11.1. The molecule has 0 aliphatic carbocycles. The van der Waals surface area contributed by atoms with E-state index in [-0.39, 0.29) is 11.5 Å². The molecular formula is C12H19N3O2S2. The Morgan fingerprint density at radius 3 is 2.84 bits per heavy atom. The minimum absolute atomic E-state index is 0.189. The molecule has 0 radical (unpaired) electrons. The second kappa shape index (κ2) is 5.12. The fourth-order valence-electron chi connectivity index (χ4n) is 2.64. The topological polar surface area (TPSA) is 62.3 Å². The number of piperazine rings is 1. The van der Waals surface area contributed by atoms with Gasteiger partial charge in [-0.1, -0.05) is 0 Å². The van der Waals surface area contributed by atoms with Gasteiger partial charge in [0.05, 0.1) is 23.2 Å². The van der Waals surface area contributed by atoms with Gasteiger partial charge in [-0.15, -0.1) is 11.3 Å². The first-order valence-corrected chi connectivity index (χ1v) is 9.32. The van der Waals surface area contributed by atoms with Crippen molar-refractivity contribution in [1.29, 1.82) is 0 Å². The van der Waals surface area contributed by atoms with Crippen molar-refractivity contribution in [2.24, 2.45) is 0 Å². The Labute approximate surface area is 117 Å². The molecule has 5 nitrogen and oxygen atoms in total. The van der Waals surface area contributed by atoms with Gasteiger partial charge in [0.1, 0.15) is 5.01 Å². The van der Waals surface area contributed by atoms with E-state index in [1.807, 2.05) is 0 Å². The number of aryl methyl sites for hydroxylation is 1. The molecule has 0 bridgehead atoms. The summed E-state index contributed by atoms with van der Waals surface area (Å²) < 4.78 is 23.3. The Bertz CT molecular complexity index is 562. The fraction of sp³-hybridized carbons (Fsp3) is 0.750. The van der Waals surface area contributed by atoms with Gasteiger partial charge in [-0.2, -0.15) is 0 Å². The number of fused-ring (bicyclic) bond motifs is 1. The maximum atomic E-state index is 11.7. The van der Waals surface area contributed by atoms with Crippen molar-refractivity contribution >= 4 is 21.2 Å². The average Bonchev–Trinajstić information content (AvgIpc) is 2.80. The number of nitrogens with one attached hydrogen (secondary N) is 1. The molecule has 2 aliphatic rings. The molecule has 1 aromatic rings. The van der Waals surface area contributed by atoms with E-state index in [9.17, 15) is 8.42 Å². The molecule has 1 saturated heterocycles. The standard InChI is InChI=1S/C12H19N3O2S2/c1-9(15-5-3-13-4-6-15)12-14-10-2-7-19(16,17)8-11(10)18-12/h9,13H,2-8H2,1H3. The lowest BCUT2D eigenvalue weighted by atomic mass is 10.2. The number of aromatic nitrogens is 1. The van der Waals surface area contributed by atoms with Crippen molar-refractivity contribution in [3.63, 3.8) is 0 Å². The lowest BCUT2D eigenvalue weighted by Gasteiger charge is -2.31. The van der Waals surface area contributed by atoms with Gasteiger partial charge in [0.2, 0.25) is 0 Å². The molecule has 19 heavy (non-hydrogen) atoms. The van der Waals surface area contributed by atoms with Crippen LogP contribution >= 0.6 is 11.3 Å². The Morgan fingerprint density at radius 1 is 1.37 bits per heavy atom. The average molecular weight is 301 g/mol. The largest absolute Gasteiger partial charge is 0.314 e. The van der Waals surface area contributed by atoms with Crippen molar-refractivity contribution in [2.45, 2.75) is 25.1 Å². The van der Waals surface area contributed by atoms with Crippen LogP contribution in [0.25, 0.3) is 0 Å². The van der Waals surface area contributed by atoms with Crippen molar-refractivity contribution in [3.05, 3.63) is 15.6 Å². The van der Waals surface area contributed by atoms with Gasteiger partial charge in [-0.25, -0.2) is 13.4 Å². The molecule has 0 amide bonds. The Hall–Kier alpha value is -0.500. The van der Waals surface area contributed by atoms with Gasteiger partial charge >= 0.3 is 0 Å². The van der Waals surface area contributed by atoms with Crippen molar-refractivity contribution in [3.8, 4) is 0 Å². The quantitative estimate of drug-likeness (QED) is 0.866. The molecule has 0 aromatic carbocycles. The molecule has 0 spiro atoms. The molecule has 7 heteroatoms. The third-order valence-electron chi connectivity index (χ3n) is 3.85. The molecular weight excluding hydrogens is 282 g/mol. The third-order valence-corrected chi connectivity index (χ3v) is 6.86. The molecule has 1 fully saturated rings. The molecule has 106 valence electrons. The summed E-state index contributed by atoms with van der Waals surface area (Å²) in [5.41, 5.74) is 1.01. The van der Waals surface area contributed by atoms with Crippen molar-refractivity contribution < 1.29 is 8.42 Å². The molecule has 0 saturated carbocycles. The summed E-state index contributed by atoms with van der Waals surface area (Å²) in [4.78, 5) is 8.06. The summed E-state index contributed by atoms with van der Waals surface area (Å²) in [5.74, 6) is 0.444. The highest BCUT2D eigenvalue weighted by Gasteiger charge is 2.28. The highest BCUT2D eigenvalue weighted by molar-refractivity contribution is 7.90. The van der Waals surface area contributed by atoms with Gasteiger partial charge in [0.25, 0.3) is 0 Å². The van der Waals surface area contributed by atoms with Gasteiger partial charge in [0, 0.05) is 37.5 Å². The zero-order valence-corrected chi connectivity index (χ0v) is 12.7. The van der Waals surface area contributed by atoms with Crippen molar-refractivity contribution in [2.75, 3.05) is 31.9 Å². The first-order valence-electron chi connectivity index (χ1n) is 6.69. The van der Waals surface area contributed by atoms with Gasteiger partial charge in [-0.05, 0) is 6.92 Å². The van der Waals surface area contributed by atoms with E-state index in [4.69, 9.17) is 0 Å². The summed E-state index contributed by atoms with van der Waals surface area (Å²) in [6.45, 7) is 6.27. The summed E-state index contributed by atoms with van der Waals surface area (Å²) in [7, 11) is -2.89. The number of sulfone groups is 1. The van der Waals surface area contributed by atoms with Crippen LogP contribution in [0.15, 0.2) is 0 Å². The van der Waals surface area contributed by atoms with Gasteiger partial charge < -0.3 is 5.32 Å². The monoisotopic (exact) mass is 301 g/mol. The zero-order chi connectivity index (χ0) is 13.5. The maximum absolute atomic E-state index is 11.7. The predicted octanol–water partition coefficient (Wildman–Crippen LogP) is 0.580. The van der Waals surface area contributed by atoms with E-state index in [1.54, 1.807) is 11.3 Å². The third kappa shape index (κ3) is 2.84. The van der Waals surface area contributed by atoms with Crippen LogP contribution in [0.4, 0.5) is 0 Å². The van der Waals surface area contributed by atoms with Crippen LogP contribution in [0.2, 0.25) is 0 Å². The lowest BCUT2D eigenvalue weighted by Crippen LogP contribution is -2.44. The summed E-state index contributed by atoms with van der Waals surface area (Å²) >= 11 is 1.59. The van der Waals surface area contributed by atoms with E-state index in [0.29, 0.717) is 12.5 Å². The van der Waals surface area contributed by atoms with E-state index in [2.05, 4.69) is 22.1 Å². The summed E-state index contributed by atoms with van der Waals surface area (Å²) in [5, 5.41) is 4.42. The minimum Gasteiger partial charge on any atom is -0.314 e. The first kappa shape index (κ1) is 13.5. The van der Waals surface area contributed by atoms with Crippen LogP contribution in [-0.4, -0.2) is 50.2 Å². The molecule has 1 N–H and O–H groups in total. The van der Waals surface area contributed by atoms with Crippen LogP contribution in [0.3, 0.4) is 0 Å². The number of thiazole rings is 1. The Balaban J connectivity index is 1.81. The predicted molar refractivity (Wildman–Crippen MR) is 76.2 cm³/mol. The molecule has 1 unspecified atom stereocenters. The van der Waals surface area contributed by atoms with Crippen LogP contribution in [0.1, 0.15) is 28.5 Å². The molecule has 3 heterocycles. The van der Waals surface area contributed by atoms with E-state index < -0.39 is 9.84 Å². The second-order valence-corrected chi connectivity index (χ2v) is 8.53. The summed E-state index contributed by atoms with van der Waals surface area (Å²) in [6.07, 6.45) is 0.586. The number of nitrogens with zero attached hydrogens (tertiary/aromatic N) is 2. The normalized spacial score (nSPS) is 24.9. The van der Waals surface area contributed by atoms with Crippen LogP contribution < -0.4 is 5.32 Å². The fourth-order valence-corrected chi connectivity index (χ4v) is 5.62. The van der Waals surface area contributed by atoms with Crippen LogP contribution in [0.5, 0.6) is 0 Å². The smallest absolute Gasteiger partial charge is 0.155 e. The first-order chi connectivity index (χ1) is 9.05. The minimum atomic E-state index is -2.89. The van der Waals surface area contributed by atoms with E-state index in [1.165, 1.54) is 0 Å². The highest BCUT2D eigenvalue weighted by Crippen LogP contribution is 2.31. The number of hydrogen-bond donors (Lipinski definition) is 1. The van der Waals surface area contributed by atoms with Gasteiger partial charge in [-0.3, -0.25) is 4.90 Å². The number of hydrogen-bond acceptors (Lipinski definition) is 6. The van der Waals surface area contributed by atoms with Crippen LogP contribution in [-0.2, 0) is 22.0 Å². The molecule has 3 rings (SSSR count). The number of rotatable bonds is 2. The lowest BCUT2D eigenvalue weighted by molar-refractivity contribution is 0.185. The van der Waals surface area contributed by atoms with Crippen molar-refractivity contribution in [1.82, 2.24) is 15.2 Å². The molecule has 2 aliphatic heterocycles. The van der Waals surface area contributed by atoms with E-state index in [0.717, 1.165) is 41.8 Å². The Morgan fingerprint density at radius 2 is 2.11 bits per heavy atom. The van der Waals surface area contributed by atoms with Gasteiger partial charge in [0.15, 0.2) is 9.84 Å². The highest BCUT2D eigenvalue weighted by atomic mass is 32.2. The van der Waals surface area contributed by atoms with E-state index >= 15 is 0 Å². The molecule has 1 aromatic heterocycles. The summed E-state index contributed by atoms with van der Waals surface area (Å²) in [6, 6.07) is 0.292. The molecule has 1 atom stereocenters. The second-order valence-electron chi connectivity index (χ2n) is 5.23. The Kier molecular flexibility index (Phi) is 3.63. The van der Waals surface area contributed by atoms with Crippen LogP contribution in [0, 0.1) is 0 Å².